The van der Waals surface area contributed by atoms with Gasteiger partial charge in [0.2, 0.25) is 0 Å². The molecule has 0 radical (unpaired) electrons. The monoisotopic (exact) mass is 339 g/mol. The van der Waals surface area contributed by atoms with Crippen molar-refractivity contribution in [3.05, 3.63) is 76.4 Å². The lowest BCUT2D eigenvalue weighted by Crippen LogP contribution is -2.26. The number of aryl methyl sites for hydroxylation is 1. The second-order valence-corrected chi connectivity index (χ2v) is 6.05. The first-order valence-corrected chi connectivity index (χ1v) is 8.15. The lowest BCUT2D eigenvalue weighted by atomic mass is 10.1. The normalized spacial score (nSPS) is 10.6. The molecule has 0 saturated heterocycles. The van der Waals surface area contributed by atoms with Gasteiger partial charge in [0.15, 0.2) is 0 Å². The zero-order chi connectivity index (χ0) is 16.9. The molecule has 24 heavy (non-hydrogen) atoms. The number of carbonyl (C=O) groups excluding carboxylic acids is 1. The van der Waals surface area contributed by atoms with E-state index >= 15 is 0 Å². The number of aromatic amines is 1. The summed E-state index contributed by atoms with van der Waals surface area (Å²) in [6, 6.07) is 17.4. The molecule has 0 aliphatic heterocycles. The summed E-state index contributed by atoms with van der Waals surface area (Å²) in [6.45, 7) is 2.63. The molecule has 122 valence electrons. The van der Waals surface area contributed by atoms with Gasteiger partial charge in [0, 0.05) is 12.1 Å². The molecule has 0 atom stereocenters. The lowest BCUT2D eigenvalue weighted by molar-refractivity contribution is 0.0949. The van der Waals surface area contributed by atoms with Crippen LogP contribution in [0.5, 0.6) is 0 Å². The maximum absolute atomic E-state index is 12.2. The van der Waals surface area contributed by atoms with E-state index in [0.29, 0.717) is 23.0 Å². The van der Waals surface area contributed by atoms with Crippen molar-refractivity contribution in [2.24, 2.45) is 0 Å². The van der Waals surface area contributed by atoms with Crippen LogP contribution in [0.15, 0.2) is 54.6 Å². The SMILES string of the molecule is Cc1ccc(CCNC(=O)c2cc(-c3ccccc3Cl)n[nH]2)cc1. The number of nitrogens with one attached hydrogen (secondary N) is 2. The fourth-order valence-corrected chi connectivity index (χ4v) is 2.65. The van der Waals surface area contributed by atoms with Crippen LogP contribution in [0, 0.1) is 6.92 Å². The number of amides is 1. The van der Waals surface area contributed by atoms with Crippen LogP contribution in [0.4, 0.5) is 0 Å². The molecule has 2 N–H and O–H groups in total. The molecule has 0 bridgehead atoms. The van der Waals surface area contributed by atoms with Crippen molar-refractivity contribution in [2.45, 2.75) is 13.3 Å². The molecular formula is C19H18ClN3O. The Labute approximate surface area is 145 Å². The van der Waals surface area contributed by atoms with Crippen LogP contribution in [-0.2, 0) is 6.42 Å². The van der Waals surface area contributed by atoms with Gasteiger partial charge in [0.05, 0.1) is 10.7 Å². The van der Waals surface area contributed by atoms with E-state index < -0.39 is 0 Å². The highest BCUT2D eigenvalue weighted by Crippen LogP contribution is 2.26. The van der Waals surface area contributed by atoms with Crippen LogP contribution in [0.1, 0.15) is 21.6 Å². The van der Waals surface area contributed by atoms with Gasteiger partial charge < -0.3 is 5.32 Å². The third-order valence-electron chi connectivity index (χ3n) is 3.79. The molecule has 5 heteroatoms. The Balaban J connectivity index is 1.60. The summed E-state index contributed by atoms with van der Waals surface area (Å²) >= 11 is 6.16. The Bertz CT molecular complexity index is 840. The van der Waals surface area contributed by atoms with Crippen molar-refractivity contribution in [1.82, 2.24) is 15.5 Å². The molecule has 1 heterocycles. The first-order valence-electron chi connectivity index (χ1n) is 7.77. The maximum Gasteiger partial charge on any atom is 0.269 e. The number of aromatic nitrogens is 2. The molecule has 3 aromatic rings. The molecule has 0 unspecified atom stereocenters. The van der Waals surface area contributed by atoms with Crippen LogP contribution in [0.3, 0.4) is 0 Å². The Morgan fingerprint density at radius 3 is 2.67 bits per heavy atom. The third-order valence-corrected chi connectivity index (χ3v) is 4.12. The Hall–Kier alpha value is -2.59. The van der Waals surface area contributed by atoms with E-state index in [2.05, 4.69) is 46.7 Å². The maximum atomic E-state index is 12.2. The molecule has 0 aliphatic rings. The van der Waals surface area contributed by atoms with E-state index in [9.17, 15) is 4.79 Å². The van der Waals surface area contributed by atoms with Crippen molar-refractivity contribution >= 4 is 17.5 Å². The molecular weight excluding hydrogens is 322 g/mol. The second kappa shape index (κ2) is 7.32. The van der Waals surface area contributed by atoms with Crippen molar-refractivity contribution in [2.75, 3.05) is 6.54 Å². The molecule has 2 aromatic carbocycles. The van der Waals surface area contributed by atoms with E-state index in [4.69, 9.17) is 11.6 Å². The lowest BCUT2D eigenvalue weighted by Gasteiger charge is -2.04. The number of halogens is 1. The highest BCUT2D eigenvalue weighted by atomic mass is 35.5. The van der Waals surface area contributed by atoms with Gasteiger partial charge in [-0.3, -0.25) is 9.89 Å². The molecule has 0 spiro atoms. The minimum atomic E-state index is -0.173. The predicted octanol–water partition coefficient (Wildman–Crippen LogP) is 4.01. The van der Waals surface area contributed by atoms with E-state index in [0.717, 1.165) is 12.0 Å². The minimum Gasteiger partial charge on any atom is -0.350 e. The fourth-order valence-electron chi connectivity index (χ4n) is 2.42. The Morgan fingerprint density at radius 2 is 1.92 bits per heavy atom. The van der Waals surface area contributed by atoms with Gasteiger partial charge in [-0.1, -0.05) is 59.6 Å². The quantitative estimate of drug-likeness (QED) is 0.737. The number of carbonyl (C=O) groups is 1. The van der Waals surface area contributed by atoms with Gasteiger partial charge in [-0.2, -0.15) is 5.10 Å². The summed E-state index contributed by atoms with van der Waals surface area (Å²) in [7, 11) is 0. The number of hydrogen-bond donors (Lipinski definition) is 2. The van der Waals surface area contributed by atoms with Crippen molar-refractivity contribution in [3.63, 3.8) is 0 Å². The molecule has 0 saturated carbocycles. The fraction of sp³-hybridized carbons (Fsp3) is 0.158. The van der Waals surface area contributed by atoms with E-state index in [1.54, 1.807) is 12.1 Å². The molecule has 3 rings (SSSR count). The van der Waals surface area contributed by atoms with Crippen LogP contribution >= 0.6 is 11.6 Å². The summed E-state index contributed by atoms with van der Waals surface area (Å²) in [5.41, 5.74) is 4.31. The van der Waals surface area contributed by atoms with Crippen molar-refractivity contribution < 1.29 is 4.79 Å². The zero-order valence-electron chi connectivity index (χ0n) is 13.3. The average molecular weight is 340 g/mol. The number of hydrogen-bond acceptors (Lipinski definition) is 2. The average Bonchev–Trinajstić information content (AvgIpc) is 3.07. The topological polar surface area (TPSA) is 57.8 Å². The summed E-state index contributed by atoms with van der Waals surface area (Å²) in [4.78, 5) is 12.2. The Kier molecular flexibility index (Phi) is 4.96. The van der Waals surface area contributed by atoms with E-state index in [1.807, 2.05) is 18.2 Å². The van der Waals surface area contributed by atoms with Crippen LogP contribution in [0.2, 0.25) is 5.02 Å². The number of benzene rings is 2. The summed E-state index contributed by atoms with van der Waals surface area (Å²) < 4.78 is 0. The smallest absolute Gasteiger partial charge is 0.269 e. The molecule has 1 aromatic heterocycles. The summed E-state index contributed by atoms with van der Waals surface area (Å²) in [5.74, 6) is -0.173. The van der Waals surface area contributed by atoms with Crippen molar-refractivity contribution in [3.8, 4) is 11.3 Å². The van der Waals surface area contributed by atoms with Gasteiger partial charge in [-0.15, -0.1) is 0 Å². The molecule has 0 fully saturated rings. The van der Waals surface area contributed by atoms with Gasteiger partial charge in [0.1, 0.15) is 5.69 Å². The zero-order valence-corrected chi connectivity index (χ0v) is 14.1. The standard InChI is InChI=1S/C19H18ClN3O/c1-13-6-8-14(9-7-13)10-11-21-19(24)18-12-17(22-23-18)15-4-2-3-5-16(15)20/h2-9,12H,10-11H2,1H3,(H,21,24)(H,22,23). The van der Waals surface area contributed by atoms with E-state index in [1.165, 1.54) is 11.1 Å². The van der Waals surface area contributed by atoms with Gasteiger partial charge >= 0.3 is 0 Å². The number of rotatable bonds is 5. The second-order valence-electron chi connectivity index (χ2n) is 5.64. The van der Waals surface area contributed by atoms with Gasteiger partial charge in [-0.05, 0) is 31.0 Å². The third kappa shape index (κ3) is 3.84. The predicted molar refractivity (Wildman–Crippen MR) is 96.2 cm³/mol. The largest absolute Gasteiger partial charge is 0.350 e. The molecule has 4 nitrogen and oxygen atoms in total. The highest BCUT2D eigenvalue weighted by Gasteiger charge is 2.12. The molecule has 1 amide bonds. The van der Waals surface area contributed by atoms with Crippen LogP contribution in [-0.4, -0.2) is 22.6 Å². The Morgan fingerprint density at radius 1 is 1.17 bits per heavy atom. The minimum absolute atomic E-state index is 0.173. The van der Waals surface area contributed by atoms with Gasteiger partial charge in [0.25, 0.3) is 5.91 Å². The van der Waals surface area contributed by atoms with Gasteiger partial charge in [-0.25, -0.2) is 0 Å². The number of nitrogens with zero attached hydrogens (tertiary/aromatic N) is 1. The number of H-pyrrole nitrogens is 1. The van der Waals surface area contributed by atoms with Crippen LogP contribution < -0.4 is 5.32 Å². The summed E-state index contributed by atoms with van der Waals surface area (Å²) in [6.07, 6.45) is 0.789. The molecule has 0 aliphatic carbocycles. The first kappa shape index (κ1) is 16.3. The highest BCUT2D eigenvalue weighted by molar-refractivity contribution is 6.33. The van der Waals surface area contributed by atoms with Crippen LogP contribution in [0.25, 0.3) is 11.3 Å². The van der Waals surface area contributed by atoms with Crippen molar-refractivity contribution in [1.29, 1.82) is 0 Å². The first-order chi connectivity index (χ1) is 11.6. The summed E-state index contributed by atoms with van der Waals surface area (Å²) in [5, 5.41) is 10.4. The van der Waals surface area contributed by atoms with E-state index in [-0.39, 0.29) is 5.91 Å².